The standard InChI is InChI=1S/C11H12N2O5/c1-7(11(12)15)18-10(14)6-8-4-2-3-5-9(8)13(16)17/h2-5,7H,6H2,1H3,(H2,12,15). The van der Waals surface area contributed by atoms with E-state index in [0.29, 0.717) is 0 Å². The molecule has 18 heavy (non-hydrogen) atoms. The lowest BCUT2D eigenvalue weighted by molar-refractivity contribution is -0.385. The first kappa shape index (κ1) is 13.6. The summed E-state index contributed by atoms with van der Waals surface area (Å²) in [5, 5.41) is 10.7. The van der Waals surface area contributed by atoms with E-state index in [0.717, 1.165) is 0 Å². The Balaban J connectivity index is 2.76. The fourth-order valence-corrected chi connectivity index (χ4v) is 1.29. The van der Waals surface area contributed by atoms with Crippen LogP contribution in [-0.4, -0.2) is 22.9 Å². The summed E-state index contributed by atoms with van der Waals surface area (Å²) < 4.78 is 4.71. The maximum Gasteiger partial charge on any atom is 0.311 e. The maximum atomic E-state index is 11.4. The first-order valence-corrected chi connectivity index (χ1v) is 5.13. The molecule has 1 amide bonds. The van der Waals surface area contributed by atoms with Gasteiger partial charge in [-0.25, -0.2) is 0 Å². The molecule has 1 atom stereocenters. The summed E-state index contributed by atoms with van der Waals surface area (Å²) in [6.07, 6.45) is -1.34. The van der Waals surface area contributed by atoms with Gasteiger partial charge in [0, 0.05) is 11.6 Å². The molecule has 1 aromatic carbocycles. The summed E-state index contributed by atoms with van der Waals surface area (Å²) in [6.45, 7) is 1.33. The van der Waals surface area contributed by atoms with Crippen molar-refractivity contribution in [2.45, 2.75) is 19.4 Å². The average molecular weight is 252 g/mol. The summed E-state index contributed by atoms with van der Waals surface area (Å²) >= 11 is 0. The van der Waals surface area contributed by atoms with Gasteiger partial charge in [-0.05, 0) is 6.92 Å². The molecule has 0 radical (unpaired) electrons. The molecule has 0 saturated carbocycles. The number of nitrogens with two attached hydrogens (primary N) is 1. The van der Waals surface area contributed by atoms with Gasteiger partial charge in [-0.15, -0.1) is 0 Å². The van der Waals surface area contributed by atoms with Gasteiger partial charge in [-0.3, -0.25) is 19.7 Å². The molecule has 0 aliphatic heterocycles. The molecule has 1 rings (SSSR count). The third-order valence-corrected chi connectivity index (χ3v) is 2.23. The zero-order valence-corrected chi connectivity index (χ0v) is 9.66. The zero-order chi connectivity index (χ0) is 13.7. The molecule has 96 valence electrons. The average Bonchev–Trinajstić information content (AvgIpc) is 2.28. The van der Waals surface area contributed by atoms with Gasteiger partial charge >= 0.3 is 5.97 Å². The van der Waals surface area contributed by atoms with Crippen molar-refractivity contribution in [2.75, 3.05) is 0 Å². The highest BCUT2D eigenvalue weighted by atomic mass is 16.6. The third-order valence-electron chi connectivity index (χ3n) is 2.23. The van der Waals surface area contributed by atoms with Gasteiger partial charge in [-0.2, -0.15) is 0 Å². The summed E-state index contributed by atoms with van der Waals surface area (Å²) in [5.74, 6) is -1.51. The van der Waals surface area contributed by atoms with Crippen LogP contribution in [0.2, 0.25) is 0 Å². The van der Waals surface area contributed by atoms with E-state index >= 15 is 0 Å². The van der Waals surface area contributed by atoms with Crippen molar-refractivity contribution in [1.82, 2.24) is 0 Å². The zero-order valence-electron chi connectivity index (χ0n) is 9.66. The number of ether oxygens (including phenoxy) is 1. The van der Waals surface area contributed by atoms with Crippen molar-refractivity contribution < 1.29 is 19.2 Å². The number of rotatable bonds is 5. The van der Waals surface area contributed by atoms with Crippen LogP contribution in [-0.2, 0) is 20.7 Å². The first-order chi connectivity index (χ1) is 8.41. The van der Waals surface area contributed by atoms with Gasteiger partial charge in [0.15, 0.2) is 6.10 Å². The van der Waals surface area contributed by atoms with Crippen LogP contribution < -0.4 is 5.73 Å². The van der Waals surface area contributed by atoms with Crippen LogP contribution >= 0.6 is 0 Å². The van der Waals surface area contributed by atoms with Gasteiger partial charge in [0.1, 0.15) is 0 Å². The molecule has 1 unspecified atom stereocenters. The van der Waals surface area contributed by atoms with E-state index in [1.807, 2.05) is 0 Å². The number of carbonyl (C=O) groups excluding carboxylic acids is 2. The minimum Gasteiger partial charge on any atom is -0.452 e. The lowest BCUT2D eigenvalue weighted by atomic mass is 10.1. The molecule has 0 heterocycles. The largest absolute Gasteiger partial charge is 0.452 e. The van der Waals surface area contributed by atoms with Gasteiger partial charge in [-0.1, -0.05) is 18.2 Å². The summed E-state index contributed by atoms with van der Waals surface area (Å²) in [4.78, 5) is 32.3. The number of para-hydroxylation sites is 1. The first-order valence-electron chi connectivity index (χ1n) is 5.13. The SMILES string of the molecule is CC(OC(=O)Cc1ccccc1[N+](=O)[O-])C(N)=O. The van der Waals surface area contributed by atoms with E-state index in [2.05, 4.69) is 0 Å². The van der Waals surface area contributed by atoms with Crippen LogP contribution in [0.1, 0.15) is 12.5 Å². The second kappa shape index (κ2) is 5.76. The number of carbonyl (C=O) groups is 2. The van der Waals surface area contributed by atoms with Crippen molar-refractivity contribution >= 4 is 17.6 Å². The Bertz CT molecular complexity index is 486. The highest BCUT2D eigenvalue weighted by Crippen LogP contribution is 2.18. The summed E-state index contributed by atoms with van der Waals surface area (Å²) in [6, 6.07) is 5.82. The number of nitro groups is 1. The Hall–Kier alpha value is -2.44. The van der Waals surface area contributed by atoms with E-state index in [4.69, 9.17) is 10.5 Å². The maximum absolute atomic E-state index is 11.4. The molecule has 1 aromatic rings. The van der Waals surface area contributed by atoms with Crippen molar-refractivity contribution in [2.24, 2.45) is 5.73 Å². The second-order valence-corrected chi connectivity index (χ2v) is 3.60. The molecule has 0 aromatic heterocycles. The lowest BCUT2D eigenvalue weighted by Crippen LogP contribution is -2.31. The molecule has 0 fully saturated rings. The molecule has 0 spiro atoms. The van der Waals surface area contributed by atoms with Gasteiger partial charge < -0.3 is 10.5 Å². The predicted octanol–water partition coefficient (Wildman–Crippen LogP) is 0.554. The van der Waals surface area contributed by atoms with Crippen LogP contribution in [0.3, 0.4) is 0 Å². The smallest absolute Gasteiger partial charge is 0.311 e. The monoisotopic (exact) mass is 252 g/mol. The van der Waals surface area contributed by atoms with Crippen molar-refractivity contribution in [3.8, 4) is 0 Å². The molecular formula is C11H12N2O5. The fraction of sp³-hybridized carbons (Fsp3) is 0.273. The number of hydrogen-bond donors (Lipinski definition) is 1. The lowest BCUT2D eigenvalue weighted by Gasteiger charge is -2.09. The van der Waals surface area contributed by atoms with Crippen LogP contribution in [0.25, 0.3) is 0 Å². The van der Waals surface area contributed by atoms with E-state index in [1.165, 1.54) is 25.1 Å². The van der Waals surface area contributed by atoms with E-state index in [9.17, 15) is 19.7 Å². The molecule has 2 N–H and O–H groups in total. The van der Waals surface area contributed by atoms with Crippen LogP contribution in [0.5, 0.6) is 0 Å². The van der Waals surface area contributed by atoms with Crippen molar-refractivity contribution in [3.05, 3.63) is 39.9 Å². The van der Waals surface area contributed by atoms with Crippen LogP contribution in [0, 0.1) is 10.1 Å². The molecule has 0 aliphatic rings. The van der Waals surface area contributed by atoms with Gasteiger partial charge in [0.05, 0.1) is 11.3 Å². The van der Waals surface area contributed by atoms with Crippen LogP contribution in [0.4, 0.5) is 5.69 Å². The summed E-state index contributed by atoms with van der Waals surface area (Å²) in [7, 11) is 0. The second-order valence-electron chi connectivity index (χ2n) is 3.60. The number of hydrogen-bond acceptors (Lipinski definition) is 5. The van der Waals surface area contributed by atoms with Crippen LogP contribution in [0.15, 0.2) is 24.3 Å². The molecule has 7 heteroatoms. The number of nitro benzene ring substituents is 1. The number of amides is 1. The Morgan fingerprint density at radius 3 is 2.61 bits per heavy atom. The molecular weight excluding hydrogens is 240 g/mol. The number of esters is 1. The number of benzene rings is 1. The highest BCUT2D eigenvalue weighted by Gasteiger charge is 2.19. The molecule has 0 saturated heterocycles. The Morgan fingerprint density at radius 2 is 2.06 bits per heavy atom. The normalized spacial score (nSPS) is 11.6. The summed E-state index contributed by atoms with van der Waals surface area (Å²) in [5.41, 5.74) is 4.99. The predicted molar refractivity (Wildman–Crippen MR) is 61.5 cm³/mol. The van der Waals surface area contributed by atoms with Crippen molar-refractivity contribution in [3.63, 3.8) is 0 Å². The molecule has 0 aliphatic carbocycles. The van der Waals surface area contributed by atoms with Gasteiger partial charge in [0.25, 0.3) is 11.6 Å². The third kappa shape index (κ3) is 3.55. The fourth-order valence-electron chi connectivity index (χ4n) is 1.29. The van der Waals surface area contributed by atoms with E-state index in [1.54, 1.807) is 6.07 Å². The van der Waals surface area contributed by atoms with Gasteiger partial charge in [0.2, 0.25) is 0 Å². The highest BCUT2D eigenvalue weighted by molar-refractivity contribution is 5.82. The topological polar surface area (TPSA) is 113 Å². The molecule has 7 nitrogen and oxygen atoms in total. The Morgan fingerprint density at radius 1 is 1.44 bits per heavy atom. The Kier molecular flexibility index (Phi) is 4.36. The quantitative estimate of drug-likeness (QED) is 0.467. The number of nitrogens with zero attached hydrogens (tertiary/aromatic N) is 1. The number of primary amides is 1. The van der Waals surface area contributed by atoms with E-state index in [-0.39, 0.29) is 17.7 Å². The molecule has 0 bridgehead atoms. The minimum atomic E-state index is -1.06. The minimum absolute atomic E-state index is 0.166. The Labute approximate surface area is 103 Å². The van der Waals surface area contributed by atoms with E-state index < -0.39 is 22.9 Å². The van der Waals surface area contributed by atoms with Crippen molar-refractivity contribution in [1.29, 1.82) is 0 Å².